The number of halogens is 2. The molecule has 10 heteroatoms. The molecule has 2 aliphatic heterocycles. The molecule has 3 heterocycles. The molecule has 1 aromatic carbocycles. The number of aromatic nitrogens is 2. The lowest BCUT2D eigenvalue weighted by atomic mass is 10.0. The maximum absolute atomic E-state index is 12.9. The van der Waals surface area contributed by atoms with Crippen LogP contribution in [0.2, 0.25) is 0 Å². The molecule has 1 amide bonds. The van der Waals surface area contributed by atoms with Gasteiger partial charge in [-0.25, -0.2) is 4.98 Å². The van der Waals surface area contributed by atoms with E-state index in [-0.39, 0.29) is 42.7 Å². The van der Waals surface area contributed by atoms with Crippen molar-refractivity contribution in [2.24, 2.45) is 11.7 Å². The van der Waals surface area contributed by atoms with Gasteiger partial charge < -0.3 is 25.5 Å². The van der Waals surface area contributed by atoms with Crippen LogP contribution in [0.15, 0.2) is 18.2 Å². The van der Waals surface area contributed by atoms with Crippen LogP contribution in [0.1, 0.15) is 31.5 Å². The van der Waals surface area contributed by atoms with Crippen LogP contribution >= 0.6 is 24.8 Å². The molecule has 0 aliphatic carbocycles. The molecule has 1 aromatic heterocycles. The van der Waals surface area contributed by atoms with Gasteiger partial charge in [0.15, 0.2) is 0 Å². The van der Waals surface area contributed by atoms with Gasteiger partial charge in [0.25, 0.3) is 0 Å². The predicted molar refractivity (Wildman–Crippen MR) is 125 cm³/mol. The fourth-order valence-electron chi connectivity index (χ4n) is 4.39. The summed E-state index contributed by atoms with van der Waals surface area (Å²) in [6.45, 7) is 3.60. The van der Waals surface area contributed by atoms with E-state index in [9.17, 15) is 4.79 Å². The van der Waals surface area contributed by atoms with Gasteiger partial charge in [-0.05, 0) is 37.8 Å². The van der Waals surface area contributed by atoms with Gasteiger partial charge in [-0.15, -0.1) is 24.8 Å². The maximum atomic E-state index is 12.9. The number of nitrogens with two attached hydrogens (primary N) is 1. The number of hydrogen-bond donors (Lipinski definition) is 3. The van der Waals surface area contributed by atoms with Crippen LogP contribution in [0, 0.1) is 5.92 Å². The van der Waals surface area contributed by atoms with Crippen LogP contribution in [0.5, 0.6) is 5.75 Å². The number of likely N-dealkylation sites (tertiary alicyclic amines) is 1. The van der Waals surface area contributed by atoms with E-state index in [1.165, 1.54) is 0 Å². The number of rotatable bonds is 5. The highest BCUT2D eigenvalue weighted by atomic mass is 35.5. The number of amides is 1. The molecule has 4 N–H and O–H groups in total. The van der Waals surface area contributed by atoms with Gasteiger partial charge in [-0.1, -0.05) is 0 Å². The number of imidazole rings is 1. The smallest absolute Gasteiger partial charge is 0.224 e. The summed E-state index contributed by atoms with van der Waals surface area (Å²) in [7, 11) is 1.64. The molecule has 0 spiro atoms. The van der Waals surface area contributed by atoms with E-state index in [4.69, 9.17) is 15.2 Å². The van der Waals surface area contributed by atoms with Gasteiger partial charge >= 0.3 is 0 Å². The number of nitrogens with zero attached hydrogens (tertiary/aromatic N) is 2. The molecule has 8 nitrogen and oxygen atoms in total. The second-order valence-corrected chi connectivity index (χ2v) is 8.12. The Bertz CT molecular complexity index is 844. The number of benzene rings is 1. The van der Waals surface area contributed by atoms with Crippen LogP contribution in [0.3, 0.4) is 0 Å². The average molecular weight is 474 g/mol. The minimum absolute atomic E-state index is 0. The summed E-state index contributed by atoms with van der Waals surface area (Å²) in [6, 6.07) is 6.29. The van der Waals surface area contributed by atoms with E-state index in [0.717, 1.165) is 74.6 Å². The van der Waals surface area contributed by atoms with E-state index in [1.807, 2.05) is 18.2 Å². The molecule has 0 bridgehead atoms. The Kier molecular flexibility index (Phi) is 9.84. The summed E-state index contributed by atoms with van der Waals surface area (Å²) >= 11 is 0. The lowest BCUT2D eigenvalue weighted by Gasteiger charge is -2.35. The third-order valence-corrected chi connectivity index (χ3v) is 6.06. The molecule has 2 aliphatic rings. The number of methoxy groups -OCH3 is 1. The minimum atomic E-state index is -0.0455. The molecule has 174 valence electrons. The van der Waals surface area contributed by atoms with Crippen molar-refractivity contribution in [3.63, 3.8) is 0 Å². The number of aromatic amines is 1. The molecule has 31 heavy (non-hydrogen) atoms. The summed E-state index contributed by atoms with van der Waals surface area (Å²) in [4.78, 5) is 23.1. The maximum Gasteiger partial charge on any atom is 0.224 e. The fourth-order valence-corrected chi connectivity index (χ4v) is 4.39. The number of carbonyl (C=O) groups is 1. The molecule has 2 aromatic rings. The number of H-pyrrole nitrogens is 1. The quantitative estimate of drug-likeness (QED) is 0.614. The molecular weight excluding hydrogens is 441 g/mol. The first-order chi connectivity index (χ1) is 14.1. The summed E-state index contributed by atoms with van der Waals surface area (Å²) in [6.07, 6.45) is 3.74. The van der Waals surface area contributed by atoms with Crippen LogP contribution in [0.4, 0.5) is 0 Å². The van der Waals surface area contributed by atoms with E-state index in [0.29, 0.717) is 12.6 Å². The standard InChI is InChI=1S/C21H31N5O3.2ClH/c1-28-17-4-5-18-19(10-17)25-20(24-18)11-23-21(27)14-2-3-15(22)13-26(12-14)16-6-8-29-9-7-16;;/h4-5,10,14-16H,2-3,6-9,11-13,22H2,1H3,(H,23,27)(H,24,25);2*1H/t14-,15+;;/m1../s1. The number of fused-ring (bicyclic) bond motifs is 1. The van der Waals surface area contributed by atoms with Crippen molar-refractivity contribution in [3.05, 3.63) is 24.0 Å². The van der Waals surface area contributed by atoms with Crippen molar-refractivity contribution < 1.29 is 14.3 Å². The zero-order chi connectivity index (χ0) is 20.2. The molecule has 2 saturated heterocycles. The van der Waals surface area contributed by atoms with Crippen LogP contribution in [-0.2, 0) is 16.1 Å². The number of nitrogens with one attached hydrogen (secondary N) is 2. The zero-order valence-corrected chi connectivity index (χ0v) is 19.5. The molecule has 0 saturated carbocycles. The topological polar surface area (TPSA) is 106 Å². The van der Waals surface area contributed by atoms with Crippen molar-refractivity contribution in [3.8, 4) is 5.75 Å². The summed E-state index contributed by atoms with van der Waals surface area (Å²) in [5.74, 6) is 1.55. The highest BCUT2D eigenvalue weighted by Gasteiger charge is 2.31. The molecule has 4 rings (SSSR count). The van der Waals surface area contributed by atoms with Crippen LogP contribution in [-0.4, -0.2) is 66.3 Å². The third-order valence-electron chi connectivity index (χ3n) is 6.06. The summed E-state index contributed by atoms with van der Waals surface area (Å²) in [5.41, 5.74) is 8.06. The van der Waals surface area contributed by atoms with Crippen molar-refractivity contribution in [1.29, 1.82) is 0 Å². The van der Waals surface area contributed by atoms with E-state index in [1.54, 1.807) is 7.11 Å². The molecule has 2 atom stereocenters. The monoisotopic (exact) mass is 473 g/mol. The number of hydrogen-bond acceptors (Lipinski definition) is 6. The van der Waals surface area contributed by atoms with Gasteiger partial charge in [0, 0.05) is 44.5 Å². The lowest BCUT2D eigenvalue weighted by Crippen LogP contribution is -2.47. The Labute approximate surface area is 195 Å². The minimum Gasteiger partial charge on any atom is -0.497 e. The SMILES string of the molecule is COc1ccc2nc(CNC(=O)[C@@H]3CC[C@H](N)CN(C4CCOCC4)C3)[nH]c2c1.Cl.Cl. The van der Waals surface area contributed by atoms with Crippen molar-refractivity contribution in [2.75, 3.05) is 33.4 Å². The first-order valence-corrected chi connectivity index (χ1v) is 10.5. The van der Waals surface area contributed by atoms with Crippen LogP contribution < -0.4 is 15.8 Å². The fraction of sp³-hybridized carbons (Fsp3) is 0.619. The van der Waals surface area contributed by atoms with E-state index < -0.39 is 0 Å². The van der Waals surface area contributed by atoms with Crippen molar-refractivity contribution in [2.45, 2.75) is 44.3 Å². The van der Waals surface area contributed by atoms with E-state index >= 15 is 0 Å². The summed E-state index contributed by atoms with van der Waals surface area (Å²) < 4.78 is 10.7. The number of carbonyl (C=O) groups excluding carboxylic acids is 1. The molecular formula is C21H33Cl2N5O3. The largest absolute Gasteiger partial charge is 0.497 e. The average Bonchev–Trinajstić information content (AvgIpc) is 3.05. The molecule has 0 unspecified atom stereocenters. The second kappa shape index (κ2) is 11.9. The van der Waals surface area contributed by atoms with E-state index in [2.05, 4.69) is 20.2 Å². The van der Waals surface area contributed by atoms with Gasteiger partial charge in [-0.2, -0.15) is 0 Å². The normalized spacial score (nSPS) is 22.8. The Morgan fingerprint density at radius 1 is 1.26 bits per heavy atom. The highest BCUT2D eigenvalue weighted by molar-refractivity contribution is 5.85. The molecule has 2 fully saturated rings. The van der Waals surface area contributed by atoms with Gasteiger partial charge in [0.05, 0.1) is 30.6 Å². The van der Waals surface area contributed by atoms with Gasteiger partial charge in [0.1, 0.15) is 11.6 Å². The first-order valence-electron chi connectivity index (χ1n) is 10.5. The second-order valence-electron chi connectivity index (χ2n) is 8.12. The summed E-state index contributed by atoms with van der Waals surface area (Å²) in [5, 5.41) is 3.07. The first kappa shape index (κ1) is 25.7. The Morgan fingerprint density at radius 2 is 2.03 bits per heavy atom. The zero-order valence-electron chi connectivity index (χ0n) is 17.8. The highest BCUT2D eigenvalue weighted by Crippen LogP contribution is 2.23. The Balaban J connectivity index is 0.00000171. The predicted octanol–water partition coefficient (Wildman–Crippen LogP) is 2.25. The van der Waals surface area contributed by atoms with Crippen LogP contribution in [0.25, 0.3) is 11.0 Å². The van der Waals surface area contributed by atoms with Crippen molar-refractivity contribution in [1.82, 2.24) is 20.2 Å². The number of ether oxygens (including phenoxy) is 2. The van der Waals surface area contributed by atoms with Gasteiger partial charge in [-0.3, -0.25) is 9.69 Å². The van der Waals surface area contributed by atoms with Gasteiger partial charge in [0.2, 0.25) is 5.91 Å². The third kappa shape index (κ3) is 6.46. The lowest BCUT2D eigenvalue weighted by molar-refractivity contribution is -0.126. The van der Waals surface area contributed by atoms with Crippen molar-refractivity contribution >= 4 is 41.8 Å². The Morgan fingerprint density at radius 3 is 2.77 bits per heavy atom. The molecule has 0 radical (unpaired) electrons. The Hall–Kier alpha value is -1.58.